The first-order valence-electron chi connectivity index (χ1n) is 9.34. The number of hydrogen-bond donors (Lipinski definition) is 1. The Bertz CT molecular complexity index is 1060. The van der Waals surface area contributed by atoms with Crippen molar-refractivity contribution in [2.24, 2.45) is 5.73 Å². The number of oxazole rings is 1. The number of pyridine rings is 1. The summed E-state index contributed by atoms with van der Waals surface area (Å²) in [7, 11) is 1.49. The van der Waals surface area contributed by atoms with Gasteiger partial charge in [0, 0.05) is 18.1 Å². The Morgan fingerprint density at radius 1 is 1.19 bits per heavy atom. The van der Waals surface area contributed by atoms with Crippen LogP contribution in [0.3, 0.4) is 0 Å². The van der Waals surface area contributed by atoms with Crippen LogP contribution in [0.5, 0.6) is 5.88 Å². The number of rotatable bonds is 3. The fourth-order valence-electron chi connectivity index (χ4n) is 3.01. The molecule has 0 radical (unpaired) electrons. The standard InChI is InChI=1S/C13H13FN2O2.C8H6F3NO/c1-17-12-6-8(9(14)7-15-12)13-16-10-4-2-3-5-11(10)18-13;9-8(10,11)6-3-1-2-5(4-6)7(12)13/h6-7H,2-5H2,1H3;1-4H,(H2,12,13). The Kier molecular flexibility index (Phi) is 6.57. The molecule has 1 aliphatic carbocycles. The van der Waals surface area contributed by atoms with Gasteiger partial charge in [-0.1, -0.05) is 6.07 Å². The van der Waals surface area contributed by atoms with Crippen molar-refractivity contribution in [3.8, 4) is 17.3 Å². The fourth-order valence-corrected chi connectivity index (χ4v) is 3.01. The van der Waals surface area contributed by atoms with Crippen LogP contribution in [0.25, 0.3) is 11.5 Å². The number of methoxy groups -OCH3 is 1. The number of carbonyl (C=O) groups excluding carboxylic acids is 1. The van der Waals surface area contributed by atoms with Gasteiger partial charge in [-0.05, 0) is 37.5 Å². The molecule has 0 atom stereocenters. The largest absolute Gasteiger partial charge is 0.481 e. The summed E-state index contributed by atoms with van der Waals surface area (Å²) in [5.74, 6) is 0.231. The number of nitrogens with two attached hydrogens (primary N) is 1. The van der Waals surface area contributed by atoms with Gasteiger partial charge in [-0.2, -0.15) is 13.2 Å². The molecule has 1 aliphatic rings. The van der Waals surface area contributed by atoms with E-state index in [1.807, 2.05) is 0 Å². The van der Waals surface area contributed by atoms with Gasteiger partial charge in [0.05, 0.1) is 30.1 Å². The molecule has 1 amide bonds. The molecule has 10 heteroatoms. The summed E-state index contributed by atoms with van der Waals surface area (Å²) in [6, 6.07) is 5.49. The van der Waals surface area contributed by atoms with E-state index in [1.54, 1.807) is 0 Å². The highest BCUT2D eigenvalue weighted by molar-refractivity contribution is 5.92. The zero-order valence-corrected chi connectivity index (χ0v) is 16.5. The third-order valence-electron chi connectivity index (χ3n) is 4.59. The summed E-state index contributed by atoms with van der Waals surface area (Å²) in [4.78, 5) is 18.7. The zero-order valence-electron chi connectivity index (χ0n) is 16.5. The molecule has 2 heterocycles. The minimum Gasteiger partial charge on any atom is -0.481 e. The molecule has 2 N–H and O–H groups in total. The molecule has 0 unspecified atom stereocenters. The number of carbonyl (C=O) groups is 1. The SMILES string of the molecule is COc1cc(-c2nc3c(o2)CCCC3)c(F)cn1.NC(=O)c1cccc(C(F)(F)F)c1. The van der Waals surface area contributed by atoms with Crippen LogP contribution in [0.15, 0.2) is 40.9 Å². The second kappa shape index (κ2) is 9.15. The van der Waals surface area contributed by atoms with Crippen LogP contribution in [-0.4, -0.2) is 23.0 Å². The molecule has 0 spiro atoms. The van der Waals surface area contributed by atoms with Crippen LogP contribution in [-0.2, 0) is 19.0 Å². The minimum atomic E-state index is -4.44. The first-order valence-corrected chi connectivity index (χ1v) is 9.34. The quantitative estimate of drug-likeness (QED) is 0.607. The highest BCUT2D eigenvalue weighted by Gasteiger charge is 2.30. The average Bonchev–Trinajstić information content (AvgIpc) is 3.18. The van der Waals surface area contributed by atoms with Crippen LogP contribution in [0.1, 0.15) is 40.2 Å². The molecule has 6 nitrogen and oxygen atoms in total. The van der Waals surface area contributed by atoms with Crippen molar-refractivity contribution in [2.45, 2.75) is 31.9 Å². The topological polar surface area (TPSA) is 91.2 Å². The first kappa shape index (κ1) is 22.3. The number of aromatic nitrogens is 2. The van der Waals surface area contributed by atoms with Gasteiger partial charge < -0.3 is 14.9 Å². The van der Waals surface area contributed by atoms with Crippen LogP contribution < -0.4 is 10.5 Å². The van der Waals surface area contributed by atoms with E-state index in [0.29, 0.717) is 17.3 Å². The van der Waals surface area contributed by atoms with Crippen molar-refractivity contribution in [1.82, 2.24) is 9.97 Å². The summed E-state index contributed by atoms with van der Waals surface area (Å²) in [5.41, 5.74) is 5.06. The predicted octanol–water partition coefficient (Wildman–Crippen LogP) is 4.57. The fraction of sp³-hybridized carbons (Fsp3) is 0.286. The lowest BCUT2D eigenvalue weighted by Gasteiger charge is -2.06. The lowest BCUT2D eigenvalue weighted by molar-refractivity contribution is -0.137. The smallest absolute Gasteiger partial charge is 0.416 e. The molecule has 0 aliphatic heterocycles. The van der Waals surface area contributed by atoms with Crippen LogP contribution in [0.4, 0.5) is 17.6 Å². The molecule has 4 rings (SSSR count). The minimum absolute atomic E-state index is 0.144. The van der Waals surface area contributed by atoms with E-state index in [1.165, 1.54) is 19.2 Å². The maximum absolute atomic E-state index is 13.7. The second-order valence-corrected chi connectivity index (χ2v) is 6.75. The molecule has 0 saturated heterocycles. The third-order valence-corrected chi connectivity index (χ3v) is 4.59. The van der Waals surface area contributed by atoms with E-state index in [-0.39, 0.29) is 5.56 Å². The maximum atomic E-state index is 13.7. The molecule has 164 valence electrons. The molecule has 0 fully saturated rings. The molecule has 2 aromatic heterocycles. The van der Waals surface area contributed by atoms with Crippen molar-refractivity contribution in [2.75, 3.05) is 7.11 Å². The number of amides is 1. The summed E-state index contributed by atoms with van der Waals surface area (Å²) in [6.07, 6.45) is 0.683. The van der Waals surface area contributed by atoms with Gasteiger partial charge in [0.25, 0.3) is 0 Å². The van der Waals surface area contributed by atoms with E-state index in [0.717, 1.165) is 61.5 Å². The number of nitrogens with zero attached hydrogens (tertiary/aromatic N) is 2. The molecule has 0 bridgehead atoms. The number of ether oxygens (including phenoxy) is 1. The van der Waals surface area contributed by atoms with Crippen molar-refractivity contribution >= 4 is 5.91 Å². The van der Waals surface area contributed by atoms with Crippen molar-refractivity contribution in [3.63, 3.8) is 0 Å². The van der Waals surface area contributed by atoms with Crippen molar-refractivity contribution < 1.29 is 31.5 Å². The molecule has 1 aromatic carbocycles. The molecular weight excluding hydrogens is 418 g/mol. The number of primary amides is 1. The summed E-state index contributed by atoms with van der Waals surface area (Å²) >= 11 is 0. The summed E-state index contributed by atoms with van der Waals surface area (Å²) < 4.78 is 60.6. The van der Waals surface area contributed by atoms with Gasteiger partial charge in [0.1, 0.15) is 5.76 Å². The second-order valence-electron chi connectivity index (χ2n) is 6.75. The Balaban J connectivity index is 0.000000187. The molecule has 31 heavy (non-hydrogen) atoms. The molecule has 0 saturated carbocycles. The van der Waals surface area contributed by atoms with E-state index in [2.05, 4.69) is 9.97 Å². The maximum Gasteiger partial charge on any atom is 0.416 e. The lowest BCUT2D eigenvalue weighted by Crippen LogP contribution is -2.13. The number of benzene rings is 1. The number of aryl methyl sites for hydroxylation is 2. The summed E-state index contributed by atoms with van der Waals surface area (Å²) in [6.45, 7) is 0. The average molecular weight is 437 g/mol. The Morgan fingerprint density at radius 3 is 2.58 bits per heavy atom. The molecule has 3 aromatic rings. The van der Waals surface area contributed by atoms with Gasteiger partial charge in [0.2, 0.25) is 17.7 Å². The van der Waals surface area contributed by atoms with Gasteiger partial charge >= 0.3 is 6.18 Å². The Hall–Kier alpha value is -3.43. The van der Waals surface area contributed by atoms with Gasteiger partial charge in [0.15, 0.2) is 5.82 Å². The number of fused-ring (bicyclic) bond motifs is 1. The van der Waals surface area contributed by atoms with Crippen LogP contribution in [0.2, 0.25) is 0 Å². The monoisotopic (exact) mass is 437 g/mol. The van der Waals surface area contributed by atoms with Gasteiger partial charge in [-0.15, -0.1) is 0 Å². The lowest BCUT2D eigenvalue weighted by atomic mass is 10.0. The third kappa shape index (κ3) is 5.39. The van der Waals surface area contributed by atoms with Gasteiger partial charge in [-0.3, -0.25) is 4.79 Å². The predicted molar refractivity (Wildman–Crippen MR) is 103 cm³/mol. The van der Waals surface area contributed by atoms with Gasteiger partial charge in [-0.25, -0.2) is 14.4 Å². The summed E-state index contributed by atoms with van der Waals surface area (Å²) in [5, 5.41) is 0. The van der Waals surface area contributed by atoms with Crippen LogP contribution in [0, 0.1) is 5.82 Å². The van der Waals surface area contributed by atoms with Crippen molar-refractivity contribution in [1.29, 1.82) is 0 Å². The zero-order chi connectivity index (χ0) is 22.6. The number of halogens is 4. The first-order chi connectivity index (χ1) is 14.7. The number of hydrogen-bond acceptors (Lipinski definition) is 5. The van der Waals surface area contributed by atoms with Crippen LogP contribution >= 0.6 is 0 Å². The Labute approximate surface area is 175 Å². The van der Waals surface area contributed by atoms with Crippen molar-refractivity contribution in [3.05, 3.63) is 64.9 Å². The van der Waals surface area contributed by atoms with E-state index in [9.17, 15) is 22.4 Å². The normalized spacial score (nSPS) is 13.1. The van der Waals surface area contributed by atoms with E-state index in [4.69, 9.17) is 14.9 Å². The highest BCUT2D eigenvalue weighted by atomic mass is 19.4. The van der Waals surface area contributed by atoms with E-state index < -0.39 is 23.5 Å². The molecular formula is C21H19F4N3O3. The highest BCUT2D eigenvalue weighted by Crippen LogP contribution is 2.30. The van der Waals surface area contributed by atoms with E-state index >= 15 is 0 Å². The number of alkyl halides is 3. The Morgan fingerprint density at radius 2 is 1.94 bits per heavy atom.